The molecule has 44 heavy (non-hydrogen) atoms. The first kappa shape index (κ1) is 39.7. The fourth-order valence-corrected chi connectivity index (χ4v) is 5.34. The van der Waals surface area contributed by atoms with E-state index >= 15 is 0 Å². The van der Waals surface area contributed by atoms with Crippen molar-refractivity contribution in [1.29, 1.82) is 0 Å². The third-order valence-corrected chi connectivity index (χ3v) is 7.86. The first-order valence-corrected chi connectivity index (χ1v) is 17.5. The molecule has 1 aromatic rings. The van der Waals surface area contributed by atoms with Crippen LogP contribution in [-0.4, -0.2) is 73.1 Å². The molecule has 0 bridgehead atoms. The van der Waals surface area contributed by atoms with E-state index in [1.165, 1.54) is 38.5 Å². The number of benzene rings is 1. The number of carbonyl (C=O) groups is 2. The van der Waals surface area contributed by atoms with Gasteiger partial charge in [-0.15, -0.1) is 0 Å². The molecule has 2 amide bonds. The Balaban J connectivity index is 2.62. The Bertz CT molecular complexity index is 806. The van der Waals surface area contributed by atoms with Gasteiger partial charge in [0.05, 0.1) is 25.2 Å². The van der Waals surface area contributed by atoms with Crippen LogP contribution in [0.3, 0.4) is 0 Å². The van der Waals surface area contributed by atoms with Crippen LogP contribution in [0.25, 0.3) is 0 Å². The van der Waals surface area contributed by atoms with Crippen molar-refractivity contribution in [3.05, 3.63) is 24.3 Å². The van der Waals surface area contributed by atoms with Crippen molar-refractivity contribution in [3.63, 3.8) is 0 Å². The van der Waals surface area contributed by atoms with E-state index in [0.29, 0.717) is 64.1 Å². The molecule has 0 unspecified atom stereocenters. The van der Waals surface area contributed by atoms with Gasteiger partial charge in [0.15, 0.2) is 0 Å². The highest BCUT2D eigenvalue weighted by atomic mass is 16.5. The molecule has 0 fully saturated rings. The molecule has 0 spiro atoms. The number of unbranched alkanes of at least 4 members (excludes halogenated alkanes) is 8. The van der Waals surface area contributed by atoms with Crippen LogP contribution < -0.4 is 20.9 Å². The van der Waals surface area contributed by atoms with Gasteiger partial charge in [0, 0.05) is 13.1 Å². The van der Waals surface area contributed by atoms with Crippen LogP contribution in [0.15, 0.2) is 24.3 Å². The van der Waals surface area contributed by atoms with Gasteiger partial charge in [-0.3, -0.25) is 9.59 Å². The zero-order valence-electron chi connectivity index (χ0n) is 29.0. The number of hydrogen-bond acceptors (Lipinski definition) is 6. The van der Waals surface area contributed by atoms with Crippen LogP contribution >= 0.6 is 0 Å². The lowest BCUT2D eigenvalue weighted by Crippen LogP contribution is -2.46. The van der Waals surface area contributed by atoms with E-state index in [-0.39, 0.29) is 11.8 Å². The largest absolute Gasteiger partial charge is 0.492 e. The van der Waals surface area contributed by atoms with Crippen LogP contribution in [0.4, 0.5) is 0 Å². The van der Waals surface area contributed by atoms with Gasteiger partial charge < -0.3 is 30.7 Å². The van der Waals surface area contributed by atoms with E-state index in [2.05, 4.69) is 41.5 Å². The van der Waals surface area contributed by atoms with Gasteiger partial charge in [-0.25, -0.2) is 0 Å². The lowest BCUT2D eigenvalue weighted by Gasteiger charge is -2.27. The summed E-state index contributed by atoms with van der Waals surface area (Å²) in [6, 6.07) is 6.58. The minimum Gasteiger partial charge on any atom is -0.492 e. The summed E-state index contributed by atoms with van der Waals surface area (Å²) in [6.07, 6.45) is 12.8. The summed E-state index contributed by atoms with van der Waals surface area (Å²) < 4.78 is 12.0. The Labute approximate surface area is 269 Å². The predicted molar refractivity (Wildman–Crippen MR) is 183 cm³/mol. The molecule has 0 aliphatic carbocycles. The third kappa shape index (κ3) is 17.8. The average Bonchev–Trinajstić information content (AvgIpc) is 2.98. The summed E-state index contributed by atoms with van der Waals surface area (Å²) in [5.41, 5.74) is 12.5. The predicted octanol–water partition coefficient (Wildman–Crippen LogP) is 6.79. The molecule has 0 heterocycles. The number of amides is 2. The molecule has 0 aliphatic rings. The van der Waals surface area contributed by atoms with E-state index in [4.69, 9.17) is 20.9 Å². The molecule has 0 aromatic heterocycles. The topological polar surface area (TPSA) is 111 Å². The third-order valence-electron chi connectivity index (χ3n) is 7.86. The molecule has 0 radical (unpaired) electrons. The first-order chi connectivity index (χ1) is 21.1. The molecule has 4 N–H and O–H groups in total. The minimum atomic E-state index is -0.472. The second kappa shape index (κ2) is 24.0. The monoisotopic (exact) mass is 619 g/mol. The highest BCUT2D eigenvalue weighted by Crippen LogP contribution is 2.18. The van der Waals surface area contributed by atoms with Crippen LogP contribution in [0.1, 0.15) is 119 Å². The summed E-state index contributed by atoms with van der Waals surface area (Å²) in [5.74, 6) is 2.23. The highest BCUT2D eigenvalue weighted by Gasteiger charge is 2.23. The smallest absolute Gasteiger partial charge is 0.239 e. The molecule has 1 rings (SSSR count). The Morgan fingerprint density at radius 1 is 0.591 bits per heavy atom. The SMILES string of the molecule is CCCCCCCN(CCOc1ccc(OCCN(CCCCCCC)C(=O)[C@@H](N)CC(C)C)cc1)C(=O)[C@@H](N)CC(C)C. The summed E-state index contributed by atoms with van der Waals surface area (Å²) in [7, 11) is 0. The Kier molecular flexibility index (Phi) is 21.6. The number of nitrogens with zero attached hydrogens (tertiary/aromatic N) is 2. The standard InChI is InChI=1S/C36H66N4O4/c1-7-9-11-13-15-21-39(35(41)33(37)27-29(3)4)23-25-43-31-17-19-32(20-18-31)44-26-24-40(22-16-14-12-10-8-2)36(42)34(38)28-30(5)6/h17-20,29-30,33-34H,7-16,21-28,37-38H2,1-6H3/t33-,34-/m0/s1. The van der Waals surface area contributed by atoms with E-state index in [9.17, 15) is 9.59 Å². The summed E-state index contributed by atoms with van der Waals surface area (Å²) in [6.45, 7) is 16.0. The van der Waals surface area contributed by atoms with Crippen molar-refractivity contribution in [1.82, 2.24) is 9.80 Å². The van der Waals surface area contributed by atoms with Gasteiger partial charge in [0.25, 0.3) is 0 Å². The number of hydrogen-bond donors (Lipinski definition) is 2. The van der Waals surface area contributed by atoms with Gasteiger partial charge >= 0.3 is 0 Å². The zero-order chi connectivity index (χ0) is 32.7. The molecule has 0 aliphatic heterocycles. The molecule has 254 valence electrons. The van der Waals surface area contributed by atoms with Gasteiger partial charge in [0.1, 0.15) is 24.7 Å². The maximum absolute atomic E-state index is 13.1. The summed E-state index contributed by atoms with van der Waals surface area (Å²) in [4.78, 5) is 29.9. The fourth-order valence-electron chi connectivity index (χ4n) is 5.34. The van der Waals surface area contributed by atoms with E-state index < -0.39 is 12.1 Å². The van der Waals surface area contributed by atoms with Gasteiger partial charge in [-0.1, -0.05) is 92.9 Å². The molecule has 2 atom stereocenters. The number of rotatable bonds is 26. The van der Waals surface area contributed by atoms with Crippen LogP contribution in [0.5, 0.6) is 11.5 Å². The van der Waals surface area contributed by atoms with Crippen molar-refractivity contribution >= 4 is 11.8 Å². The molecular weight excluding hydrogens is 552 g/mol. The maximum Gasteiger partial charge on any atom is 0.239 e. The van der Waals surface area contributed by atoms with Crippen molar-refractivity contribution in [2.24, 2.45) is 23.3 Å². The van der Waals surface area contributed by atoms with Crippen molar-refractivity contribution in [2.75, 3.05) is 39.4 Å². The summed E-state index contributed by atoms with van der Waals surface area (Å²) in [5, 5.41) is 0. The number of ether oxygens (including phenoxy) is 2. The van der Waals surface area contributed by atoms with Crippen LogP contribution in [0, 0.1) is 11.8 Å². The van der Waals surface area contributed by atoms with E-state index in [1.807, 2.05) is 34.1 Å². The Morgan fingerprint density at radius 3 is 1.25 bits per heavy atom. The quantitative estimate of drug-likeness (QED) is 0.111. The number of nitrogens with two attached hydrogens (primary N) is 2. The second-order valence-electron chi connectivity index (χ2n) is 13.1. The van der Waals surface area contributed by atoms with Crippen molar-refractivity contribution in [3.8, 4) is 11.5 Å². The van der Waals surface area contributed by atoms with Crippen molar-refractivity contribution in [2.45, 2.75) is 131 Å². The summed E-state index contributed by atoms with van der Waals surface area (Å²) >= 11 is 0. The molecule has 8 heteroatoms. The Morgan fingerprint density at radius 2 is 0.932 bits per heavy atom. The fraction of sp³-hybridized carbons (Fsp3) is 0.778. The maximum atomic E-state index is 13.1. The van der Waals surface area contributed by atoms with E-state index in [0.717, 1.165) is 37.2 Å². The highest BCUT2D eigenvalue weighted by molar-refractivity contribution is 5.82. The van der Waals surface area contributed by atoms with Gasteiger partial charge in [0.2, 0.25) is 11.8 Å². The van der Waals surface area contributed by atoms with Gasteiger partial charge in [-0.05, 0) is 61.8 Å². The second-order valence-corrected chi connectivity index (χ2v) is 13.1. The van der Waals surface area contributed by atoms with Gasteiger partial charge in [-0.2, -0.15) is 0 Å². The van der Waals surface area contributed by atoms with E-state index in [1.54, 1.807) is 0 Å². The zero-order valence-corrected chi connectivity index (χ0v) is 29.0. The first-order valence-electron chi connectivity index (χ1n) is 17.5. The van der Waals surface area contributed by atoms with Crippen LogP contribution in [-0.2, 0) is 9.59 Å². The Hall–Kier alpha value is -2.32. The average molecular weight is 619 g/mol. The van der Waals surface area contributed by atoms with Crippen molar-refractivity contribution < 1.29 is 19.1 Å². The molecule has 0 saturated heterocycles. The lowest BCUT2D eigenvalue weighted by atomic mass is 10.0. The number of carbonyl (C=O) groups excluding carboxylic acids is 2. The normalized spacial score (nSPS) is 12.8. The molecule has 8 nitrogen and oxygen atoms in total. The van der Waals surface area contributed by atoms with Crippen LogP contribution in [0.2, 0.25) is 0 Å². The lowest BCUT2D eigenvalue weighted by molar-refractivity contribution is -0.134. The molecular formula is C36H66N4O4. The molecule has 0 saturated carbocycles. The molecule has 1 aromatic carbocycles. The minimum absolute atomic E-state index is 0.0141.